The van der Waals surface area contributed by atoms with E-state index in [9.17, 15) is 8.78 Å². The second-order valence-corrected chi connectivity index (χ2v) is 3.08. The van der Waals surface area contributed by atoms with Gasteiger partial charge in [0.25, 0.3) is 0 Å². The zero-order valence-corrected chi connectivity index (χ0v) is 7.57. The van der Waals surface area contributed by atoms with E-state index >= 15 is 0 Å². The third kappa shape index (κ3) is 7.92. The highest BCUT2D eigenvalue weighted by Crippen LogP contribution is 2.08. The zero-order chi connectivity index (χ0) is 9.23. The van der Waals surface area contributed by atoms with E-state index in [1.165, 1.54) is 0 Å². The zero-order valence-electron chi connectivity index (χ0n) is 7.57. The molecule has 0 radical (unpaired) electrons. The summed E-state index contributed by atoms with van der Waals surface area (Å²) in [6.07, 6.45) is 4.19. The van der Waals surface area contributed by atoms with Gasteiger partial charge in [-0.2, -0.15) is 0 Å². The van der Waals surface area contributed by atoms with Crippen molar-refractivity contribution in [2.75, 3.05) is 13.2 Å². The summed E-state index contributed by atoms with van der Waals surface area (Å²) < 4.78 is 24.1. The van der Waals surface area contributed by atoms with Crippen molar-refractivity contribution < 1.29 is 8.78 Å². The Morgan fingerprint density at radius 3 is 2.17 bits per heavy atom. The molecule has 0 aromatic heterocycles. The molecule has 0 heterocycles. The summed E-state index contributed by atoms with van der Waals surface area (Å²) in [6.45, 7) is -0.0982. The van der Waals surface area contributed by atoms with Gasteiger partial charge >= 0.3 is 0 Å². The Labute approximate surface area is 73.3 Å². The molecule has 0 bridgehead atoms. The van der Waals surface area contributed by atoms with Crippen molar-refractivity contribution in [1.29, 1.82) is 0 Å². The minimum atomic E-state index is -0.842. The van der Waals surface area contributed by atoms with Crippen molar-refractivity contribution in [3.8, 4) is 0 Å². The van der Waals surface area contributed by atoms with Crippen LogP contribution < -0.4 is 5.73 Å². The number of nitrogens with two attached hydrogens (primary N) is 1. The molecule has 1 unspecified atom stereocenters. The summed E-state index contributed by atoms with van der Waals surface area (Å²) in [5.74, 6) is 0. The molecule has 0 aromatic carbocycles. The van der Waals surface area contributed by atoms with Crippen molar-refractivity contribution in [2.24, 2.45) is 5.73 Å². The lowest BCUT2D eigenvalue weighted by atomic mass is 10.1. The van der Waals surface area contributed by atoms with E-state index in [1.807, 2.05) is 0 Å². The summed E-state index contributed by atoms with van der Waals surface area (Å²) in [6, 6.07) is 0. The third-order valence-electron chi connectivity index (χ3n) is 1.91. The van der Waals surface area contributed by atoms with Crippen molar-refractivity contribution >= 4 is 0 Å². The fraction of sp³-hybridized carbons (Fsp3) is 1.00. The van der Waals surface area contributed by atoms with E-state index in [-0.39, 0.29) is 13.2 Å². The molecule has 0 fully saturated rings. The monoisotopic (exact) mass is 179 g/mol. The number of rotatable bonds is 8. The standard InChI is InChI=1S/C9H19F2N/c10-7-5-3-1-2-4-6-9(11)8-12/h9H,1-8,12H2. The number of unbranched alkanes of at least 4 members (excludes halogenated alkanes) is 4. The lowest BCUT2D eigenvalue weighted by Gasteiger charge is -2.03. The summed E-state index contributed by atoms with van der Waals surface area (Å²) in [7, 11) is 0. The van der Waals surface area contributed by atoms with Crippen molar-refractivity contribution in [3.63, 3.8) is 0 Å². The van der Waals surface area contributed by atoms with Gasteiger partial charge in [0.15, 0.2) is 0 Å². The molecule has 0 spiro atoms. The molecule has 2 N–H and O–H groups in total. The van der Waals surface area contributed by atoms with Crippen LogP contribution in [0.5, 0.6) is 0 Å². The number of alkyl halides is 2. The van der Waals surface area contributed by atoms with Crippen LogP contribution >= 0.6 is 0 Å². The molecule has 3 heteroatoms. The molecular formula is C9H19F2N. The van der Waals surface area contributed by atoms with E-state index in [4.69, 9.17) is 5.73 Å². The molecule has 0 aliphatic carbocycles. The highest BCUT2D eigenvalue weighted by molar-refractivity contribution is 4.56. The Morgan fingerprint density at radius 2 is 1.58 bits per heavy atom. The highest BCUT2D eigenvalue weighted by atomic mass is 19.1. The predicted molar refractivity (Wildman–Crippen MR) is 47.6 cm³/mol. The normalized spacial score (nSPS) is 13.2. The minimum absolute atomic E-state index is 0.129. The SMILES string of the molecule is NCC(F)CCCCCCCF. The molecule has 12 heavy (non-hydrogen) atoms. The quantitative estimate of drug-likeness (QED) is 0.569. The molecule has 74 valence electrons. The van der Waals surface area contributed by atoms with Gasteiger partial charge in [0, 0.05) is 6.54 Å². The van der Waals surface area contributed by atoms with Gasteiger partial charge in [-0.1, -0.05) is 25.7 Å². The van der Waals surface area contributed by atoms with Crippen LogP contribution in [-0.4, -0.2) is 19.4 Å². The van der Waals surface area contributed by atoms with Gasteiger partial charge in [-0.25, -0.2) is 4.39 Å². The summed E-state index contributed by atoms with van der Waals surface area (Å²) in [5.41, 5.74) is 5.11. The Hall–Kier alpha value is -0.180. The Morgan fingerprint density at radius 1 is 1.00 bits per heavy atom. The van der Waals surface area contributed by atoms with Gasteiger partial charge in [0.05, 0.1) is 6.67 Å². The van der Waals surface area contributed by atoms with Crippen LogP contribution in [0.25, 0.3) is 0 Å². The van der Waals surface area contributed by atoms with E-state index in [0.29, 0.717) is 12.8 Å². The predicted octanol–water partition coefficient (Wildman–Crippen LogP) is 2.59. The first-order valence-corrected chi connectivity index (χ1v) is 4.71. The molecular weight excluding hydrogens is 160 g/mol. The molecule has 0 aromatic rings. The maximum Gasteiger partial charge on any atom is 0.112 e. The van der Waals surface area contributed by atoms with Crippen LogP contribution in [0, 0.1) is 0 Å². The summed E-state index contributed by atoms with van der Waals surface area (Å²) in [5, 5.41) is 0. The second kappa shape index (κ2) is 8.91. The number of hydrogen-bond donors (Lipinski definition) is 1. The average Bonchev–Trinajstić information content (AvgIpc) is 2.10. The van der Waals surface area contributed by atoms with Crippen LogP contribution in [-0.2, 0) is 0 Å². The number of halogens is 2. The molecule has 0 amide bonds. The fourth-order valence-corrected chi connectivity index (χ4v) is 1.11. The molecule has 0 rings (SSSR count). The van der Waals surface area contributed by atoms with Gasteiger partial charge in [-0.15, -0.1) is 0 Å². The Kier molecular flexibility index (Phi) is 8.78. The summed E-state index contributed by atoms with van der Waals surface area (Å²) in [4.78, 5) is 0. The smallest absolute Gasteiger partial charge is 0.112 e. The number of hydrogen-bond acceptors (Lipinski definition) is 1. The molecule has 0 saturated heterocycles. The average molecular weight is 179 g/mol. The lowest BCUT2D eigenvalue weighted by molar-refractivity contribution is 0.311. The van der Waals surface area contributed by atoms with Gasteiger partial charge in [0.2, 0.25) is 0 Å². The van der Waals surface area contributed by atoms with Gasteiger partial charge in [-0.3, -0.25) is 4.39 Å². The minimum Gasteiger partial charge on any atom is -0.328 e. The Balaban J connectivity index is 2.90. The van der Waals surface area contributed by atoms with Crippen molar-refractivity contribution in [1.82, 2.24) is 0 Å². The second-order valence-electron chi connectivity index (χ2n) is 3.08. The van der Waals surface area contributed by atoms with Crippen molar-refractivity contribution in [2.45, 2.75) is 44.7 Å². The van der Waals surface area contributed by atoms with Crippen molar-refractivity contribution in [3.05, 3.63) is 0 Å². The first-order valence-electron chi connectivity index (χ1n) is 4.71. The van der Waals surface area contributed by atoms with Crippen LogP contribution in [0.1, 0.15) is 38.5 Å². The maximum atomic E-state index is 12.5. The van der Waals surface area contributed by atoms with Gasteiger partial charge in [-0.05, 0) is 12.8 Å². The molecule has 0 saturated carbocycles. The largest absolute Gasteiger partial charge is 0.328 e. The molecule has 1 nitrogen and oxygen atoms in total. The maximum absolute atomic E-state index is 12.5. The van der Waals surface area contributed by atoms with Gasteiger partial charge in [0.1, 0.15) is 6.17 Å². The molecule has 0 aliphatic heterocycles. The third-order valence-corrected chi connectivity index (χ3v) is 1.91. The van der Waals surface area contributed by atoms with Crippen LogP contribution in [0.3, 0.4) is 0 Å². The lowest BCUT2D eigenvalue weighted by Crippen LogP contribution is -2.14. The first kappa shape index (κ1) is 11.8. The Bertz CT molecular complexity index is 88.6. The van der Waals surface area contributed by atoms with Crippen LogP contribution in [0.2, 0.25) is 0 Å². The van der Waals surface area contributed by atoms with Crippen LogP contribution in [0.15, 0.2) is 0 Å². The van der Waals surface area contributed by atoms with Crippen LogP contribution in [0.4, 0.5) is 8.78 Å². The van der Waals surface area contributed by atoms with E-state index in [2.05, 4.69) is 0 Å². The molecule has 0 aliphatic rings. The van der Waals surface area contributed by atoms with E-state index in [1.54, 1.807) is 0 Å². The molecule has 1 atom stereocenters. The fourth-order valence-electron chi connectivity index (χ4n) is 1.11. The summed E-state index contributed by atoms with van der Waals surface area (Å²) >= 11 is 0. The topological polar surface area (TPSA) is 26.0 Å². The highest BCUT2D eigenvalue weighted by Gasteiger charge is 2.01. The van der Waals surface area contributed by atoms with E-state index < -0.39 is 6.17 Å². The van der Waals surface area contributed by atoms with E-state index in [0.717, 1.165) is 25.7 Å². The first-order chi connectivity index (χ1) is 5.81. The van der Waals surface area contributed by atoms with Gasteiger partial charge < -0.3 is 5.73 Å².